The molecule has 2 aromatic carbocycles. The van der Waals surface area contributed by atoms with E-state index in [9.17, 15) is 9.59 Å². The highest BCUT2D eigenvalue weighted by molar-refractivity contribution is 5.96. The molecular weight excluding hydrogens is 384 g/mol. The van der Waals surface area contributed by atoms with E-state index in [4.69, 9.17) is 13.9 Å². The van der Waals surface area contributed by atoms with Gasteiger partial charge in [-0.25, -0.2) is 4.79 Å². The number of benzene rings is 2. The van der Waals surface area contributed by atoms with E-state index in [1.165, 1.54) is 0 Å². The SMILES string of the molecule is COc1ccc(N2CCN(C(=O)COC(=O)c3oc4ccccc4c3C)CC2)cc1. The fraction of sp³-hybridized carbons (Fsp3) is 0.304. The maximum Gasteiger partial charge on any atom is 0.375 e. The van der Waals surface area contributed by atoms with Crippen molar-refractivity contribution in [2.45, 2.75) is 6.92 Å². The molecule has 1 aromatic heterocycles. The molecule has 3 aromatic rings. The molecule has 0 saturated carbocycles. The first kappa shape index (κ1) is 19.8. The van der Waals surface area contributed by atoms with Crippen LogP contribution in [0.5, 0.6) is 5.75 Å². The molecule has 0 radical (unpaired) electrons. The second kappa shape index (κ2) is 8.49. The molecule has 1 amide bonds. The van der Waals surface area contributed by atoms with Crippen molar-refractivity contribution in [3.63, 3.8) is 0 Å². The van der Waals surface area contributed by atoms with E-state index in [0.717, 1.165) is 22.4 Å². The van der Waals surface area contributed by atoms with Crippen molar-refractivity contribution in [1.82, 2.24) is 4.90 Å². The maximum absolute atomic E-state index is 12.5. The highest BCUT2D eigenvalue weighted by Gasteiger charge is 2.24. The predicted molar refractivity (Wildman–Crippen MR) is 113 cm³/mol. The lowest BCUT2D eigenvalue weighted by molar-refractivity contribution is -0.134. The van der Waals surface area contributed by atoms with Crippen LogP contribution >= 0.6 is 0 Å². The zero-order valence-electron chi connectivity index (χ0n) is 17.1. The van der Waals surface area contributed by atoms with E-state index in [1.807, 2.05) is 49.4 Å². The topological polar surface area (TPSA) is 72.2 Å². The van der Waals surface area contributed by atoms with Crippen molar-refractivity contribution in [3.8, 4) is 5.75 Å². The summed E-state index contributed by atoms with van der Waals surface area (Å²) < 4.78 is 16.0. The van der Waals surface area contributed by atoms with Crippen molar-refractivity contribution in [3.05, 3.63) is 59.9 Å². The Kier molecular flexibility index (Phi) is 5.61. The molecule has 1 aliphatic heterocycles. The number of carbonyl (C=O) groups excluding carboxylic acids is 2. The minimum atomic E-state index is -0.617. The van der Waals surface area contributed by atoms with Gasteiger partial charge in [0.05, 0.1) is 7.11 Å². The van der Waals surface area contributed by atoms with Crippen molar-refractivity contribution in [1.29, 1.82) is 0 Å². The number of hydrogen-bond acceptors (Lipinski definition) is 6. The van der Waals surface area contributed by atoms with E-state index < -0.39 is 5.97 Å². The number of piperazine rings is 1. The van der Waals surface area contributed by atoms with Gasteiger partial charge in [-0.15, -0.1) is 0 Å². The van der Waals surface area contributed by atoms with Crippen LogP contribution in [0.1, 0.15) is 16.1 Å². The Morgan fingerprint density at radius 2 is 1.70 bits per heavy atom. The number of anilines is 1. The summed E-state index contributed by atoms with van der Waals surface area (Å²) in [5.74, 6) is 0.141. The van der Waals surface area contributed by atoms with Crippen LogP contribution < -0.4 is 9.64 Å². The molecule has 1 aliphatic rings. The van der Waals surface area contributed by atoms with Gasteiger partial charge in [0.2, 0.25) is 5.76 Å². The minimum absolute atomic E-state index is 0.147. The van der Waals surface area contributed by atoms with Gasteiger partial charge in [-0.3, -0.25) is 4.79 Å². The Hall–Kier alpha value is -3.48. The van der Waals surface area contributed by atoms with Crippen LogP contribution in [0.15, 0.2) is 52.9 Å². The fourth-order valence-corrected chi connectivity index (χ4v) is 3.66. The summed E-state index contributed by atoms with van der Waals surface area (Å²) in [7, 11) is 1.64. The molecule has 2 heterocycles. The van der Waals surface area contributed by atoms with Gasteiger partial charge in [0, 0.05) is 42.8 Å². The molecular formula is C23H24N2O5. The van der Waals surface area contributed by atoms with Crippen LogP contribution in [-0.4, -0.2) is 56.7 Å². The number of para-hydroxylation sites is 1. The zero-order chi connectivity index (χ0) is 21.1. The van der Waals surface area contributed by atoms with Crippen LogP contribution in [0, 0.1) is 6.92 Å². The number of carbonyl (C=O) groups is 2. The first-order chi connectivity index (χ1) is 14.6. The third kappa shape index (κ3) is 3.96. The number of fused-ring (bicyclic) bond motifs is 1. The molecule has 7 nitrogen and oxygen atoms in total. The van der Waals surface area contributed by atoms with Crippen LogP contribution in [-0.2, 0) is 9.53 Å². The number of furan rings is 1. The normalized spacial score (nSPS) is 14.1. The lowest BCUT2D eigenvalue weighted by atomic mass is 10.1. The summed E-state index contributed by atoms with van der Waals surface area (Å²) in [6.07, 6.45) is 0. The number of esters is 1. The number of hydrogen-bond donors (Lipinski definition) is 0. The van der Waals surface area contributed by atoms with Crippen molar-refractivity contribution >= 4 is 28.5 Å². The predicted octanol–water partition coefficient (Wildman–Crippen LogP) is 3.26. The lowest BCUT2D eigenvalue weighted by Crippen LogP contribution is -2.49. The molecule has 1 fully saturated rings. The molecule has 0 atom stereocenters. The molecule has 4 rings (SSSR count). The Labute approximate surface area is 174 Å². The smallest absolute Gasteiger partial charge is 0.375 e. The molecule has 30 heavy (non-hydrogen) atoms. The van der Waals surface area contributed by atoms with Gasteiger partial charge in [0.15, 0.2) is 6.61 Å². The van der Waals surface area contributed by atoms with Gasteiger partial charge in [-0.2, -0.15) is 0 Å². The maximum atomic E-state index is 12.5. The Bertz CT molecular complexity index is 1050. The molecule has 0 aliphatic carbocycles. The summed E-state index contributed by atoms with van der Waals surface area (Å²) in [5, 5.41) is 0.866. The molecule has 0 N–H and O–H groups in total. The van der Waals surface area contributed by atoms with Crippen molar-refractivity contribution < 1.29 is 23.5 Å². The average molecular weight is 408 g/mol. The van der Waals surface area contributed by atoms with Crippen molar-refractivity contribution in [2.75, 3.05) is 44.8 Å². The monoisotopic (exact) mass is 408 g/mol. The Morgan fingerprint density at radius 1 is 1.00 bits per heavy atom. The van der Waals surface area contributed by atoms with Crippen LogP contribution in [0.4, 0.5) is 5.69 Å². The quantitative estimate of drug-likeness (QED) is 0.604. The van der Waals surface area contributed by atoms with E-state index in [-0.39, 0.29) is 18.3 Å². The number of amides is 1. The summed E-state index contributed by atoms with van der Waals surface area (Å²) in [6.45, 7) is 4.10. The average Bonchev–Trinajstić information content (AvgIpc) is 3.14. The largest absolute Gasteiger partial charge is 0.497 e. The van der Waals surface area contributed by atoms with Crippen LogP contribution in [0.3, 0.4) is 0 Å². The number of nitrogens with zero attached hydrogens (tertiary/aromatic N) is 2. The van der Waals surface area contributed by atoms with Gasteiger partial charge in [0.1, 0.15) is 11.3 Å². The highest BCUT2D eigenvalue weighted by atomic mass is 16.5. The summed E-state index contributed by atoms with van der Waals surface area (Å²) in [4.78, 5) is 28.8. The van der Waals surface area contributed by atoms with E-state index in [1.54, 1.807) is 18.1 Å². The Morgan fingerprint density at radius 3 is 2.37 bits per heavy atom. The van der Waals surface area contributed by atoms with Gasteiger partial charge < -0.3 is 23.7 Å². The van der Waals surface area contributed by atoms with Gasteiger partial charge in [-0.05, 0) is 37.3 Å². The summed E-state index contributed by atoms with van der Waals surface area (Å²) >= 11 is 0. The van der Waals surface area contributed by atoms with E-state index >= 15 is 0 Å². The van der Waals surface area contributed by atoms with E-state index in [0.29, 0.717) is 31.8 Å². The van der Waals surface area contributed by atoms with Gasteiger partial charge in [-0.1, -0.05) is 18.2 Å². The van der Waals surface area contributed by atoms with Crippen molar-refractivity contribution in [2.24, 2.45) is 0 Å². The molecule has 7 heteroatoms. The third-order valence-electron chi connectivity index (χ3n) is 5.43. The molecule has 1 saturated heterocycles. The Balaban J connectivity index is 1.30. The van der Waals surface area contributed by atoms with Crippen LogP contribution in [0.25, 0.3) is 11.0 Å². The number of methoxy groups -OCH3 is 1. The highest BCUT2D eigenvalue weighted by Crippen LogP contribution is 2.25. The summed E-state index contributed by atoms with van der Waals surface area (Å²) in [5.41, 5.74) is 2.44. The summed E-state index contributed by atoms with van der Waals surface area (Å²) in [6, 6.07) is 15.3. The minimum Gasteiger partial charge on any atom is -0.497 e. The lowest BCUT2D eigenvalue weighted by Gasteiger charge is -2.36. The molecule has 0 bridgehead atoms. The van der Waals surface area contributed by atoms with Gasteiger partial charge in [0.25, 0.3) is 5.91 Å². The second-order valence-corrected chi connectivity index (χ2v) is 7.19. The van der Waals surface area contributed by atoms with E-state index in [2.05, 4.69) is 4.90 Å². The molecule has 156 valence electrons. The standard InChI is InChI=1S/C23H24N2O5/c1-16-19-5-3-4-6-20(19)30-22(16)23(27)29-15-21(26)25-13-11-24(12-14-25)17-7-9-18(28-2)10-8-17/h3-10H,11-15H2,1-2H3. The first-order valence-electron chi connectivity index (χ1n) is 9.89. The molecule has 0 unspecified atom stereocenters. The third-order valence-corrected chi connectivity index (χ3v) is 5.43. The van der Waals surface area contributed by atoms with Gasteiger partial charge >= 0.3 is 5.97 Å². The van der Waals surface area contributed by atoms with Crippen LogP contribution in [0.2, 0.25) is 0 Å². The first-order valence-corrected chi connectivity index (χ1v) is 9.89. The number of rotatable bonds is 5. The second-order valence-electron chi connectivity index (χ2n) is 7.19. The molecule has 0 spiro atoms. The zero-order valence-corrected chi connectivity index (χ0v) is 17.1. The number of aryl methyl sites for hydroxylation is 1. The fourth-order valence-electron chi connectivity index (χ4n) is 3.66. The number of ether oxygens (including phenoxy) is 2.